The van der Waals surface area contributed by atoms with E-state index in [-0.39, 0.29) is 30.1 Å². The molecular weight excluding hydrogens is 240 g/mol. The molecule has 6 nitrogen and oxygen atoms in total. The summed E-state index contributed by atoms with van der Waals surface area (Å²) in [5.41, 5.74) is 0. The number of nitrogens with zero attached hydrogens (tertiary/aromatic N) is 3. The Balaban J connectivity index is 4.81. The number of thioether (sulfide) groups is 1. The Morgan fingerprint density at radius 3 is 1.59 bits per heavy atom. The van der Waals surface area contributed by atoms with E-state index in [1.54, 1.807) is 44.2 Å². The highest BCUT2D eigenvalue weighted by atomic mass is 32.2. The largest absolute Gasteiger partial charge is 0.301 e. The molecule has 0 unspecified atom stereocenters. The third kappa shape index (κ3) is 5.81. The summed E-state index contributed by atoms with van der Waals surface area (Å²) in [7, 11) is 6.98. The van der Waals surface area contributed by atoms with Gasteiger partial charge < -0.3 is 9.80 Å². The number of hydrogen-bond acceptors (Lipinski definition) is 6. The van der Waals surface area contributed by atoms with Crippen molar-refractivity contribution >= 4 is 28.7 Å². The van der Waals surface area contributed by atoms with Crippen LogP contribution in [0.3, 0.4) is 0 Å². The Kier molecular flexibility index (Phi) is 7.01. The molecule has 0 bridgehead atoms. The van der Waals surface area contributed by atoms with Gasteiger partial charge in [-0.2, -0.15) is 0 Å². The summed E-state index contributed by atoms with van der Waals surface area (Å²) < 4.78 is 0. The minimum Gasteiger partial charge on any atom is -0.301 e. The van der Waals surface area contributed by atoms with Crippen molar-refractivity contribution in [1.29, 1.82) is 5.41 Å². The summed E-state index contributed by atoms with van der Waals surface area (Å²) in [5.74, 6) is -0.748. The summed E-state index contributed by atoms with van der Waals surface area (Å²) in [5, 5.41) is 7.62. The van der Waals surface area contributed by atoms with Gasteiger partial charge >= 0.3 is 0 Å². The molecule has 0 spiro atoms. The lowest BCUT2D eigenvalue weighted by molar-refractivity contribution is -0.140. The molecule has 0 aliphatic heterocycles. The first-order valence-electron chi connectivity index (χ1n) is 5.07. The number of rotatable bonds is 4. The van der Waals surface area contributed by atoms with Crippen LogP contribution >= 0.6 is 11.8 Å². The van der Waals surface area contributed by atoms with Gasteiger partial charge in [-0.1, -0.05) is 11.8 Å². The monoisotopic (exact) mass is 260 g/mol. The van der Waals surface area contributed by atoms with Gasteiger partial charge in [0.1, 0.15) is 0 Å². The first-order chi connectivity index (χ1) is 7.79. The van der Waals surface area contributed by atoms with E-state index in [2.05, 4.69) is 0 Å². The second-order valence-corrected chi connectivity index (χ2v) is 4.90. The van der Waals surface area contributed by atoms with Crippen LogP contribution in [-0.4, -0.2) is 79.2 Å². The molecule has 17 heavy (non-hydrogen) atoms. The fourth-order valence-corrected chi connectivity index (χ4v) is 1.53. The molecule has 1 N–H and O–H groups in total. The molecule has 0 aromatic carbocycles. The second-order valence-electron chi connectivity index (χ2n) is 4.11. The Morgan fingerprint density at radius 2 is 1.35 bits per heavy atom. The third-order valence-corrected chi connectivity index (χ3v) is 2.37. The van der Waals surface area contributed by atoms with E-state index in [1.165, 1.54) is 0 Å². The molecular formula is C10H20N4O2S. The second kappa shape index (κ2) is 7.41. The van der Waals surface area contributed by atoms with E-state index in [4.69, 9.17) is 5.41 Å². The lowest BCUT2D eigenvalue weighted by Crippen LogP contribution is -2.47. The lowest BCUT2D eigenvalue weighted by atomic mass is 10.4. The van der Waals surface area contributed by atoms with Gasteiger partial charge in [0.25, 0.3) is 0 Å². The van der Waals surface area contributed by atoms with Crippen LogP contribution in [0.4, 0.5) is 0 Å². The van der Waals surface area contributed by atoms with E-state index in [1.807, 2.05) is 0 Å². The minimum atomic E-state index is -0.374. The van der Waals surface area contributed by atoms with Crippen LogP contribution in [0.1, 0.15) is 0 Å². The maximum atomic E-state index is 11.9. The van der Waals surface area contributed by atoms with Gasteiger partial charge in [0, 0.05) is 0 Å². The number of imide groups is 1. The van der Waals surface area contributed by atoms with E-state index in [0.717, 1.165) is 16.7 Å². The molecule has 0 aliphatic carbocycles. The zero-order valence-electron chi connectivity index (χ0n) is 11.0. The minimum absolute atomic E-state index is 0.0382. The molecule has 0 aromatic heterocycles. The van der Waals surface area contributed by atoms with Gasteiger partial charge in [0.2, 0.25) is 11.8 Å². The van der Waals surface area contributed by atoms with Gasteiger partial charge in [0.05, 0.1) is 13.1 Å². The predicted octanol–water partition coefficient (Wildman–Crippen LogP) is -0.237. The highest BCUT2D eigenvalue weighted by Crippen LogP contribution is 2.05. The van der Waals surface area contributed by atoms with Crippen molar-refractivity contribution in [2.24, 2.45) is 0 Å². The molecule has 0 aliphatic rings. The number of carbonyl (C=O) groups excluding carboxylic acids is 2. The Hall–Kier alpha value is -0.920. The van der Waals surface area contributed by atoms with Gasteiger partial charge in [-0.3, -0.25) is 15.0 Å². The molecule has 0 rings (SSSR count). The summed E-state index contributed by atoms with van der Waals surface area (Å²) in [4.78, 5) is 28.0. The summed E-state index contributed by atoms with van der Waals surface area (Å²) in [6, 6.07) is 0. The molecule has 0 fully saturated rings. The van der Waals surface area contributed by atoms with Crippen LogP contribution in [-0.2, 0) is 9.59 Å². The molecule has 0 saturated heterocycles. The maximum Gasteiger partial charge on any atom is 0.249 e. The smallest absolute Gasteiger partial charge is 0.249 e. The van der Waals surface area contributed by atoms with Crippen molar-refractivity contribution in [3.05, 3.63) is 0 Å². The zero-order valence-corrected chi connectivity index (χ0v) is 11.8. The fraction of sp³-hybridized carbons (Fsp3) is 0.700. The lowest BCUT2D eigenvalue weighted by Gasteiger charge is -2.23. The van der Waals surface area contributed by atoms with E-state index in [0.29, 0.717) is 0 Å². The SMILES string of the molecule is CSC(=N)N(C(=O)CN(C)C)C(=O)CN(C)C. The van der Waals surface area contributed by atoms with Gasteiger partial charge in [-0.05, 0) is 34.4 Å². The normalized spacial score (nSPS) is 10.8. The molecule has 2 amide bonds. The van der Waals surface area contributed by atoms with E-state index >= 15 is 0 Å². The van der Waals surface area contributed by atoms with Crippen LogP contribution in [0.15, 0.2) is 0 Å². The summed E-state index contributed by atoms with van der Waals surface area (Å²) in [6.45, 7) is 0.226. The number of amides is 2. The Morgan fingerprint density at radius 1 is 1.00 bits per heavy atom. The Labute approximate surface area is 106 Å². The molecule has 98 valence electrons. The van der Waals surface area contributed by atoms with Crippen molar-refractivity contribution < 1.29 is 9.59 Å². The topological polar surface area (TPSA) is 67.7 Å². The van der Waals surface area contributed by atoms with Crippen molar-refractivity contribution in [2.75, 3.05) is 47.5 Å². The average Bonchev–Trinajstić information content (AvgIpc) is 2.14. The van der Waals surface area contributed by atoms with Crippen LogP contribution in [0, 0.1) is 5.41 Å². The van der Waals surface area contributed by atoms with Gasteiger partial charge in [-0.25, -0.2) is 4.90 Å². The number of nitrogens with one attached hydrogen (secondary N) is 1. The van der Waals surface area contributed by atoms with E-state index in [9.17, 15) is 9.59 Å². The number of likely N-dealkylation sites (N-methyl/N-ethyl adjacent to an activating group) is 2. The van der Waals surface area contributed by atoms with Crippen molar-refractivity contribution in [1.82, 2.24) is 14.7 Å². The molecule has 0 heterocycles. The molecule has 0 aromatic rings. The van der Waals surface area contributed by atoms with Crippen LogP contribution < -0.4 is 0 Å². The molecule has 7 heteroatoms. The van der Waals surface area contributed by atoms with Crippen molar-refractivity contribution in [3.63, 3.8) is 0 Å². The number of amidine groups is 1. The first-order valence-corrected chi connectivity index (χ1v) is 6.29. The van der Waals surface area contributed by atoms with Gasteiger partial charge in [0.15, 0.2) is 5.17 Å². The Bertz CT molecular complexity index is 283. The average molecular weight is 260 g/mol. The molecule has 0 radical (unpaired) electrons. The standard InChI is InChI=1S/C10H20N4O2S/c1-12(2)6-8(15)14(10(11)17-5)9(16)7-13(3)4/h11H,6-7H2,1-5H3. The summed E-state index contributed by atoms with van der Waals surface area (Å²) in [6.07, 6.45) is 1.67. The van der Waals surface area contributed by atoms with Crippen molar-refractivity contribution in [2.45, 2.75) is 0 Å². The van der Waals surface area contributed by atoms with Crippen molar-refractivity contribution in [3.8, 4) is 0 Å². The highest BCUT2D eigenvalue weighted by Gasteiger charge is 2.25. The van der Waals surface area contributed by atoms with E-state index < -0.39 is 0 Å². The highest BCUT2D eigenvalue weighted by molar-refractivity contribution is 8.13. The van der Waals surface area contributed by atoms with Crippen LogP contribution in [0.5, 0.6) is 0 Å². The predicted molar refractivity (Wildman–Crippen MR) is 70.2 cm³/mol. The first kappa shape index (κ1) is 16.1. The number of carbonyl (C=O) groups is 2. The fourth-order valence-electron chi connectivity index (χ4n) is 1.14. The molecule has 0 atom stereocenters. The summed E-state index contributed by atoms with van der Waals surface area (Å²) >= 11 is 1.07. The van der Waals surface area contributed by atoms with Crippen LogP contribution in [0.2, 0.25) is 0 Å². The number of hydrogen-bond donors (Lipinski definition) is 1. The quantitative estimate of drug-likeness (QED) is 0.558. The van der Waals surface area contributed by atoms with Crippen LogP contribution in [0.25, 0.3) is 0 Å². The molecule has 0 saturated carbocycles. The van der Waals surface area contributed by atoms with Gasteiger partial charge in [-0.15, -0.1) is 0 Å². The maximum absolute atomic E-state index is 11.9. The third-order valence-electron chi connectivity index (χ3n) is 1.80. The zero-order chi connectivity index (χ0) is 13.6.